The van der Waals surface area contributed by atoms with Gasteiger partial charge in [0.05, 0.1) is 23.9 Å². The highest BCUT2D eigenvalue weighted by Gasteiger charge is 2.20. The molecular weight excluding hydrogens is 391 g/mol. The third-order valence-corrected chi connectivity index (χ3v) is 4.86. The van der Waals surface area contributed by atoms with Crippen molar-refractivity contribution in [3.8, 4) is 5.75 Å². The van der Waals surface area contributed by atoms with E-state index in [4.69, 9.17) is 9.47 Å². The summed E-state index contributed by atoms with van der Waals surface area (Å²) in [6.45, 7) is -0.578. The zero-order valence-electron chi connectivity index (χ0n) is 16.6. The summed E-state index contributed by atoms with van der Waals surface area (Å²) in [6, 6.07) is 10.4. The number of carbonyl (C=O) groups is 3. The van der Waals surface area contributed by atoms with E-state index in [1.165, 1.54) is 19.2 Å². The van der Waals surface area contributed by atoms with Gasteiger partial charge in [-0.2, -0.15) is 0 Å². The lowest BCUT2D eigenvalue weighted by Gasteiger charge is -2.15. The van der Waals surface area contributed by atoms with Gasteiger partial charge in [0.1, 0.15) is 0 Å². The van der Waals surface area contributed by atoms with E-state index in [9.17, 15) is 18.8 Å². The Morgan fingerprint density at radius 3 is 2.53 bits per heavy atom. The van der Waals surface area contributed by atoms with Crippen LogP contribution < -0.4 is 15.4 Å². The first-order valence-corrected chi connectivity index (χ1v) is 9.68. The van der Waals surface area contributed by atoms with Gasteiger partial charge in [-0.05, 0) is 43.2 Å². The smallest absolute Gasteiger partial charge is 0.338 e. The molecule has 0 spiro atoms. The molecule has 2 aromatic rings. The van der Waals surface area contributed by atoms with Crippen LogP contribution >= 0.6 is 0 Å². The summed E-state index contributed by atoms with van der Waals surface area (Å²) in [7, 11) is 1.31. The number of amides is 2. The maximum Gasteiger partial charge on any atom is 0.338 e. The lowest BCUT2D eigenvalue weighted by atomic mass is 10.1. The van der Waals surface area contributed by atoms with Gasteiger partial charge in [-0.3, -0.25) is 9.59 Å². The normalized spacial score (nSPS) is 13.5. The number of esters is 1. The molecule has 0 saturated heterocycles. The summed E-state index contributed by atoms with van der Waals surface area (Å²) in [5.74, 6) is -2.43. The molecule has 1 saturated carbocycles. The molecule has 7 nitrogen and oxygen atoms in total. The molecule has 1 fully saturated rings. The van der Waals surface area contributed by atoms with E-state index in [2.05, 4.69) is 10.6 Å². The highest BCUT2D eigenvalue weighted by molar-refractivity contribution is 6.04. The number of methoxy groups -OCH3 is 1. The van der Waals surface area contributed by atoms with Crippen molar-refractivity contribution in [2.45, 2.75) is 31.7 Å². The predicted octanol–water partition coefficient (Wildman–Crippen LogP) is 3.30. The van der Waals surface area contributed by atoms with Crippen LogP contribution in [0.2, 0.25) is 0 Å². The van der Waals surface area contributed by atoms with Crippen LogP contribution in [0.1, 0.15) is 46.4 Å². The molecule has 1 aliphatic carbocycles. The van der Waals surface area contributed by atoms with Crippen LogP contribution in [0.4, 0.5) is 10.1 Å². The number of hydrogen-bond donors (Lipinski definition) is 2. The summed E-state index contributed by atoms with van der Waals surface area (Å²) < 4.78 is 23.4. The van der Waals surface area contributed by atoms with E-state index < -0.39 is 24.3 Å². The highest BCUT2D eigenvalue weighted by Crippen LogP contribution is 2.21. The summed E-state index contributed by atoms with van der Waals surface area (Å²) in [6.07, 6.45) is 4.07. The average Bonchev–Trinajstić information content (AvgIpc) is 3.25. The van der Waals surface area contributed by atoms with Gasteiger partial charge in [-0.25, -0.2) is 9.18 Å². The minimum absolute atomic E-state index is 0.00298. The van der Waals surface area contributed by atoms with Crippen molar-refractivity contribution in [2.75, 3.05) is 19.0 Å². The second-order valence-electron chi connectivity index (χ2n) is 6.97. The Labute approximate surface area is 173 Å². The first-order valence-electron chi connectivity index (χ1n) is 9.68. The summed E-state index contributed by atoms with van der Waals surface area (Å²) in [4.78, 5) is 36.8. The summed E-state index contributed by atoms with van der Waals surface area (Å²) >= 11 is 0. The number of carbonyl (C=O) groups excluding carboxylic acids is 3. The number of nitrogens with one attached hydrogen (secondary N) is 2. The number of halogens is 1. The van der Waals surface area contributed by atoms with Gasteiger partial charge in [-0.1, -0.05) is 25.0 Å². The molecule has 0 atom stereocenters. The van der Waals surface area contributed by atoms with E-state index in [0.29, 0.717) is 11.3 Å². The highest BCUT2D eigenvalue weighted by atomic mass is 19.1. The maximum absolute atomic E-state index is 13.7. The molecule has 1 aliphatic rings. The van der Waals surface area contributed by atoms with Crippen molar-refractivity contribution in [3.63, 3.8) is 0 Å². The van der Waals surface area contributed by atoms with Gasteiger partial charge in [0, 0.05) is 6.04 Å². The van der Waals surface area contributed by atoms with Crippen LogP contribution in [0.25, 0.3) is 0 Å². The van der Waals surface area contributed by atoms with Crippen molar-refractivity contribution >= 4 is 23.5 Å². The Morgan fingerprint density at radius 1 is 1.10 bits per heavy atom. The molecular formula is C22H23FN2O5. The fourth-order valence-corrected chi connectivity index (χ4v) is 3.32. The van der Waals surface area contributed by atoms with Crippen molar-refractivity contribution in [3.05, 3.63) is 59.4 Å². The fourth-order valence-electron chi connectivity index (χ4n) is 3.32. The Balaban J connectivity index is 1.57. The molecule has 0 heterocycles. The molecule has 30 heavy (non-hydrogen) atoms. The van der Waals surface area contributed by atoms with Gasteiger partial charge in [0.25, 0.3) is 11.8 Å². The van der Waals surface area contributed by atoms with E-state index >= 15 is 0 Å². The fraction of sp³-hybridized carbons (Fsp3) is 0.318. The monoisotopic (exact) mass is 414 g/mol. The number of ether oxygens (including phenoxy) is 2. The van der Waals surface area contributed by atoms with Gasteiger partial charge >= 0.3 is 5.97 Å². The second-order valence-corrected chi connectivity index (χ2v) is 6.97. The third-order valence-electron chi connectivity index (χ3n) is 4.86. The number of hydrogen-bond acceptors (Lipinski definition) is 5. The van der Waals surface area contributed by atoms with Crippen LogP contribution in [0.5, 0.6) is 5.75 Å². The standard InChI is InChI=1S/C22H23FN2O5/c1-29-19-11-10-14(12-17(19)23)22(28)30-13-20(26)25-18-9-5-4-8-16(18)21(27)24-15-6-2-3-7-15/h4-5,8-12,15H,2-3,6-7,13H2,1H3,(H,24,27)(H,25,26). The molecule has 3 rings (SSSR count). The van der Waals surface area contributed by atoms with Gasteiger partial charge in [0.15, 0.2) is 18.2 Å². The number of para-hydroxylation sites is 1. The maximum atomic E-state index is 13.7. The first-order chi connectivity index (χ1) is 14.5. The lowest BCUT2D eigenvalue weighted by molar-refractivity contribution is -0.119. The predicted molar refractivity (Wildman–Crippen MR) is 108 cm³/mol. The summed E-state index contributed by atoms with van der Waals surface area (Å²) in [5, 5.41) is 5.56. The SMILES string of the molecule is COc1ccc(C(=O)OCC(=O)Nc2ccccc2C(=O)NC2CCCC2)cc1F. The molecule has 2 N–H and O–H groups in total. The summed E-state index contributed by atoms with van der Waals surface area (Å²) in [5.41, 5.74) is 0.614. The first kappa shape index (κ1) is 21.3. The Morgan fingerprint density at radius 2 is 1.83 bits per heavy atom. The zero-order valence-corrected chi connectivity index (χ0v) is 16.6. The van der Waals surface area contributed by atoms with Crippen molar-refractivity contribution < 1.29 is 28.2 Å². The molecule has 158 valence electrons. The van der Waals surface area contributed by atoms with Crippen molar-refractivity contribution in [2.24, 2.45) is 0 Å². The average molecular weight is 414 g/mol. The minimum atomic E-state index is -0.848. The van der Waals surface area contributed by atoms with Crippen molar-refractivity contribution in [1.29, 1.82) is 0 Å². The molecule has 2 amide bonds. The lowest BCUT2D eigenvalue weighted by Crippen LogP contribution is -2.33. The number of rotatable bonds is 7. The van der Waals surface area contributed by atoms with Crippen LogP contribution in [-0.4, -0.2) is 37.5 Å². The van der Waals surface area contributed by atoms with E-state index in [-0.39, 0.29) is 23.3 Å². The molecule has 0 radical (unpaired) electrons. The number of anilines is 1. The Hall–Kier alpha value is -3.42. The van der Waals surface area contributed by atoms with Crippen LogP contribution in [-0.2, 0) is 9.53 Å². The van der Waals surface area contributed by atoms with Gasteiger partial charge in [0.2, 0.25) is 0 Å². The van der Waals surface area contributed by atoms with E-state index in [0.717, 1.165) is 31.7 Å². The largest absolute Gasteiger partial charge is 0.494 e. The van der Waals surface area contributed by atoms with Gasteiger partial charge in [-0.15, -0.1) is 0 Å². The number of benzene rings is 2. The van der Waals surface area contributed by atoms with E-state index in [1.807, 2.05) is 0 Å². The van der Waals surface area contributed by atoms with Crippen molar-refractivity contribution in [1.82, 2.24) is 5.32 Å². The molecule has 0 aromatic heterocycles. The van der Waals surface area contributed by atoms with Crippen LogP contribution in [0, 0.1) is 5.82 Å². The third kappa shape index (κ3) is 5.34. The second kappa shape index (κ2) is 9.87. The molecule has 0 aliphatic heterocycles. The minimum Gasteiger partial charge on any atom is -0.494 e. The topological polar surface area (TPSA) is 93.7 Å². The quantitative estimate of drug-likeness (QED) is 0.678. The van der Waals surface area contributed by atoms with E-state index in [1.54, 1.807) is 24.3 Å². The zero-order chi connectivity index (χ0) is 21.5. The Bertz CT molecular complexity index is 941. The van der Waals surface area contributed by atoms with Gasteiger partial charge < -0.3 is 20.1 Å². The molecule has 0 bridgehead atoms. The Kier molecular flexibility index (Phi) is 7.00. The molecule has 0 unspecified atom stereocenters. The molecule has 8 heteroatoms. The van der Waals surface area contributed by atoms with Crippen LogP contribution in [0.3, 0.4) is 0 Å². The molecule has 2 aromatic carbocycles. The van der Waals surface area contributed by atoms with Crippen LogP contribution in [0.15, 0.2) is 42.5 Å².